The van der Waals surface area contributed by atoms with Crippen LogP contribution in [0, 0.1) is 0 Å². The number of carbonyl (C=O) groups is 1. The highest BCUT2D eigenvalue weighted by Gasteiger charge is 1.98. The van der Waals surface area contributed by atoms with Gasteiger partial charge in [-0.2, -0.15) is 0 Å². The maximum Gasteiger partial charge on any atom is 0.305 e. The quantitative estimate of drug-likeness (QED) is 0.351. The lowest BCUT2D eigenvalue weighted by molar-refractivity contribution is -0.140. The molecule has 0 aliphatic rings. The Morgan fingerprint density at radius 1 is 1.62 bits per heavy atom. The molecule has 4 heteroatoms. The smallest absolute Gasteiger partial charge is 0.305 e. The average molecular weight is 298 g/mol. The first-order valence-electron chi connectivity index (χ1n) is 4.16. The summed E-state index contributed by atoms with van der Waals surface area (Å²) in [6.45, 7) is 0. The molecule has 0 spiro atoms. The van der Waals surface area contributed by atoms with Crippen LogP contribution in [0.1, 0.15) is 19.3 Å². The minimum atomic E-state index is -0.269. The Morgan fingerprint density at radius 3 is 2.85 bits per heavy atom. The fourth-order valence-electron chi connectivity index (χ4n) is 0.737. The summed E-state index contributed by atoms with van der Waals surface area (Å²) in [5, 5.41) is 9.16. The van der Waals surface area contributed by atoms with Crippen molar-refractivity contribution in [2.75, 3.05) is 11.5 Å². The number of aliphatic hydroxyl groups is 1. The van der Waals surface area contributed by atoms with E-state index in [0.717, 1.165) is 4.43 Å². The number of rotatable bonds is 6. The lowest BCUT2D eigenvalue weighted by Gasteiger charge is -2.00. The van der Waals surface area contributed by atoms with Gasteiger partial charge in [0.2, 0.25) is 0 Å². The van der Waals surface area contributed by atoms with Crippen LogP contribution in [-0.2, 0) is 9.53 Å². The van der Waals surface area contributed by atoms with Gasteiger partial charge in [-0.25, -0.2) is 0 Å². The molecule has 0 aromatic carbocycles. The highest BCUT2D eigenvalue weighted by molar-refractivity contribution is 14.1. The van der Waals surface area contributed by atoms with Gasteiger partial charge in [-0.1, -0.05) is 34.7 Å². The van der Waals surface area contributed by atoms with Crippen LogP contribution in [0.3, 0.4) is 0 Å². The summed E-state index contributed by atoms with van der Waals surface area (Å²) < 4.78 is 5.21. The molecule has 0 bridgehead atoms. The SMILES string of the molecule is COC(=O)CC/C=C\CC(O)CI. The van der Waals surface area contributed by atoms with Crippen molar-refractivity contribution in [2.24, 2.45) is 0 Å². The lowest BCUT2D eigenvalue weighted by atomic mass is 10.2. The first-order valence-corrected chi connectivity index (χ1v) is 5.69. The number of hydrogen-bond acceptors (Lipinski definition) is 3. The molecular formula is C9H15IO3. The van der Waals surface area contributed by atoms with Crippen molar-refractivity contribution in [3.05, 3.63) is 12.2 Å². The Morgan fingerprint density at radius 2 is 2.31 bits per heavy atom. The number of hydrogen-bond donors (Lipinski definition) is 1. The standard InChI is InChI=1S/C9H15IO3/c1-13-9(12)6-4-2-3-5-8(11)7-10/h2-3,8,11H,4-7H2,1H3/b3-2-. The van der Waals surface area contributed by atoms with E-state index >= 15 is 0 Å². The summed E-state index contributed by atoms with van der Waals surface area (Å²) in [6, 6.07) is 0. The Kier molecular flexibility index (Phi) is 8.43. The van der Waals surface area contributed by atoms with Crippen LogP contribution in [0.2, 0.25) is 0 Å². The van der Waals surface area contributed by atoms with Crippen molar-refractivity contribution >= 4 is 28.6 Å². The number of halogens is 1. The molecule has 0 aliphatic carbocycles. The zero-order valence-corrected chi connectivity index (χ0v) is 9.86. The minimum Gasteiger partial charge on any atom is -0.469 e. The molecule has 0 aromatic heterocycles. The normalized spacial score (nSPS) is 13.2. The molecule has 1 N–H and O–H groups in total. The number of esters is 1. The highest BCUT2D eigenvalue weighted by atomic mass is 127. The van der Waals surface area contributed by atoms with Crippen molar-refractivity contribution in [1.29, 1.82) is 0 Å². The fourth-order valence-corrected chi connectivity index (χ4v) is 1.10. The Balaban J connectivity index is 3.36. The average Bonchev–Trinajstić information content (AvgIpc) is 2.16. The van der Waals surface area contributed by atoms with Crippen molar-refractivity contribution in [2.45, 2.75) is 25.4 Å². The Hall–Kier alpha value is -0.100. The van der Waals surface area contributed by atoms with Crippen molar-refractivity contribution in [3.63, 3.8) is 0 Å². The minimum absolute atomic E-state index is 0.195. The van der Waals surface area contributed by atoms with E-state index in [1.807, 2.05) is 12.2 Å². The van der Waals surface area contributed by atoms with Gasteiger partial charge < -0.3 is 9.84 Å². The zero-order chi connectivity index (χ0) is 10.1. The van der Waals surface area contributed by atoms with Crippen LogP contribution >= 0.6 is 22.6 Å². The maximum atomic E-state index is 10.7. The molecule has 0 fully saturated rings. The van der Waals surface area contributed by atoms with Crippen molar-refractivity contribution in [1.82, 2.24) is 0 Å². The molecular weight excluding hydrogens is 283 g/mol. The van der Waals surface area contributed by atoms with Gasteiger partial charge in [0.15, 0.2) is 0 Å². The topological polar surface area (TPSA) is 46.5 Å². The molecule has 0 saturated heterocycles. The van der Waals surface area contributed by atoms with E-state index in [1.165, 1.54) is 7.11 Å². The summed E-state index contributed by atoms with van der Waals surface area (Å²) in [4.78, 5) is 10.7. The van der Waals surface area contributed by atoms with Crippen LogP contribution in [0.4, 0.5) is 0 Å². The van der Waals surface area contributed by atoms with Gasteiger partial charge in [0.1, 0.15) is 0 Å². The number of aliphatic hydroxyl groups excluding tert-OH is 1. The molecule has 1 atom stereocenters. The van der Waals surface area contributed by atoms with Crippen LogP contribution in [0.15, 0.2) is 12.2 Å². The predicted octanol–water partition coefficient (Wildman–Crippen LogP) is 1.68. The Labute approximate surface area is 92.3 Å². The predicted molar refractivity (Wildman–Crippen MR) is 59.9 cm³/mol. The third-order valence-electron chi connectivity index (χ3n) is 1.50. The third kappa shape index (κ3) is 8.24. The first-order chi connectivity index (χ1) is 6.20. The number of methoxy groups -OCH3 is 1. The van der Waals surface area contributed by atoms with Crippen molar-refractivity contribution in [3.8, 4) is 0 Å². The van der Waals surface area contributed by atoms with Crippen LogP contribution < -0.4 is 0 Å². The van der Waals surface area contributed by atoms with Crippen LogP contribution in [0.5, 0.6) is 0 Å². The molecule has 0 amide bonds. The Bertz CT molecular complexity index is 168. The second-order valence-corrected chi connectivity index (χ2v) is 3.51. The summed E-state index contributed by atoms with van der Waals surface area (Å²) in [5.74, 6) is -0.195. The van der Waals surface area contributed by atoms with E-state index in [9.17, 15) is 4.79 Å². The zero-order valence-electron chi connectivity index (χ0n) is 7.70. The van der Waals surface area contributed by atoms with Gasteiger partial charge in [0.05, 0.1) is 13.2 Å². The van der Waals surface area contributed by atoms with Gasteiger partial charge in [-0.3, -0.25) is 4.79 Å². The summed E-state index contributed by atoms with van der Waals surface area (Å²) in [7, 11) is 1.38. The second kappa shape index (κ2) is 8.50. The first kappa shape index (κ1) is 12.9. The van der Waals surface area contributed by atoms with E-state index in [0.29, 0.717) is 19.3 Å². The van der Waals surface area contributed by atoms with Crippen LogP contribution in [0.25, 0.3) is 0 Å². The number of alkyl halides is 1. The van der Waals surface area contributed by atoms with Gasteiger partial charge in [-0.05, 0) is 12.8 Å². The largest absolute Gasteiger partial charge is 0.469 e. The molecule has 0 radical (unpaired) electrons. The van der Waals surface area contributed by atoms with Gasteiger partial charge >= 0.3 is 5.97 Å². The van der Waals surface area contributed by atoms with Gasteiger partial charge in [0, 0.05) is 10.8 Å². The fraction of sp³-hybridized carbons (Fsp3) is 0.667. The number of carbonyl (C=O) groups excluding carboxylic acids is 1. The molecule has 3 nitrogen and oxygen atoms in total. The highest BCUT2D eigenvalue weighted by Crippen LogP contribution is 2.00. The van der Waals surface area contributed by atoms with E-state index in [2.05, 4.69) is 27.3 Å². The third-order valence-corrected chi connectivity index (χ3v) is 2.51. The molecule has 1 unspecified atom stereocenters. The molecule has 0 heterocycles. The van der Waals surface area contributed by atoms with E-state index in [1.54, 1.807) is 0 Å². The lowest BCUT2D eigenvalue weighted by Crippen LogP contribution is -2.05. The van der Waals surface area contributed by atoms with Gasteiger partial charge in [-0.15, -0.1) is 0 Å². The van der Waals surface area contributed by atoms with E-state index < -0.39 is 0 Å². The van der Waals surface area contributed by atoms with Crippen LogP contribution in [-0.4, -0.2) is 28.7 Å². The molecule has 13 heavy (non-hydrogen) atoms. The second-order valence-electron chi connectivity index (χ2n) is 2.63. The molecule has 76 valence electrons. The summed E-state index contributed by atoms with van der Waals surface area (Å²) in [6.07, 6.45) is 5.27. The summed E-state index contributed by atoms with van der Waals surface area (Å²) in [5.41, 5.74) is 0. The molecule has 0 rings (SSSR count). The molecule has 0 aromatic rings. The number of ether oxygens (including phenoxy) is 1. The number of allylic oxidation sites excluding steroid dienone is 1. The van der Waals surface area contributed by atoms with E-state index in [4.69, 9.17) is 5.11 Å². The maximum absolute atomic E-state index is 10.7. The van der Waals surface area contributed by atoms with E-state index in [-0.39, 0.29) is 12.1 Å². The van der Waals surface area contributed by atoms with Gasteiger partial charge in [0.25, 0.3) is 0 Å². The molecule has 0 aliphatic heterocycles. The summed E-state index contributed by atoms with van der Waals surface area (Å²) >= 11 is 2.13. The monoisotopic (exact) mass is 298 g/mol. The van der Waals surface area contributed by atoms with Crippen molar-refractivity contribution < 1.29 is 14.6 Å². The molecule has 0 saturated carbocycles.